The van der Waals surface area contributed by atoms with Crippen molar-refractivity contribution in [3.05, 3.63) is 54.6 Å². The number of halogens is 1. The van der Waals surface area contributed by atoms with Crippen molar-refractivity contribution in [2.24, 2.45) is 4.99 Å². The lowest BCUT2D eigenvalue weighted by Crippen LogP contribution is -2.27. The van der Waals surface area contributed by atoms with Crippen LogP contribution in [-0.2, 0) is 0 Å². The number of anilines is 1. The predicted octanol–water partition coefficient (Wildman–Crippen LogP) is 6.04. The minimum Gasteiger partial charge on any atom is -0.494 e. The Kier molecular flexibility index (Phi) is 13.0. The van der Waals surface area contributed by atoms with Crippen LogP contribution in [0.2, 0.25) is 0 Å². The molecule has 2 N–H and O–H groups in total. The average molecular weight is 440 g/mol. The fraction of sp³-hybridized carbons (Fsp3) is 0.480. The third kappa shape index (κ3) is 11.9. The maximum atomic E-state index is 12.8. The molecule has 0 aliphatic carbocycles. The molecule has 2 rings (SSSR count). The van der Waals surface area contributed by atoms with Gasteiger partial charge in [0.25, 0.3) is 0 Å². The van der Waals surface area contributed by atoms with Crippen LogP contribution in [0.1, 0.15) is 64.2 Å². The van der Waals surface area contributed by atoms with Crippen LogP contribution in [0.3, 0.4) is 0 Å². The molecule has 0 unspecified atom stereocenters. The van der Waals surface area contributed by atoms with E-state index in [4.69, 9.17) is 10.00 Å². The summed E-state index contributed by atoms with van der Waals surface area (Å²) in [5, 5.41) is 14.5. The summed E-state index contributed by atoms with van der Waals surface area (Å²) in [5.74, 6) is 0.963. The molecule has 1 heterocycles. The van der Waals surface area contributed by atoms with Gasteiger partial charge in [-0.05, 0) is 49.2 Å². The van der Waals surface area contributed by atoms with E-state index in [0.717, 1.165) is 30.7 Å². The Morgan fingerprint density at radius 1 is 0.938 bits per heavy atom. The summed E-state index contributed by atoms with van der Waals surface area (Å²) in [7, 11) is 0. The third-order valence-electron chi connectivity index (χ3n) is 5.00. The van der Waals surface area contributed by atoms with Gasteiger partial charge in [-0.3, -0.25) is 15.3 Å². The van der Waals surface area contributed by atoms with Gasteiger partial charge < -0.3 is 10.1 Å². The number of hydrogen-bond acceptors (Lipinski definition) is 4. The molecule has 172 valence electrons. The molecular formula is C25H34FN5O. The summed E-state index contributed by atoms with van der Waals surface area (Å²) in [6.45, 7) is 1.38. The Bertz CT molecular complexity index is 805. The molecule has 6 nitrogen and oxygen atoms in total. The first-order valence-corrected chi connectivity index (χ1v) is 11.5. The van der Waals surface area contributed by atoms with Gasteiger partial charge in [0.1, 0.15) is 11.6 Å². The maximum Gasteiger partial charge on any atom is 0.209 e. The molecule has 0 spiro atoms. The van der Waals surface area contributed by atoms with E-state index in [1.165, 1.54) is 57.1 Å². The number of benzene rings is 1. The summed E-state index contributed by atoms with van der Waals surface area (Å²) < 4.78 is 18.4. The average Bonchev–Trinajstić information content (AvgIpc) is 2.81. The largest absolute Gasteiger partial charge is 0.494 e. The van der Waals surface area contributed by atoms with Gasteiger partial charge in [-0.15, -0.1) is 0 Å². The zero-order valence-electron chi connectivity index (χ0n) is 18.7. The number of aromatic nitrogens is 1. The monoisotopic (exact) mass is 439 g/mol. The number of ether oxygens (including phenoxy) is 1. The smallest absolute Gasteiger partial charge is 0.209 e. The summed E-state index contributed by atoms with van der Waals surface area (Å²) in [6, 6.07) is 9.90. The van der Waals surface area contributed by atoms with Crippen LogP contribution in [0.5, 0.6) is 5.75 Å². The number of rotatable bonds is 15. The van der Waals surface area contributed by atoms with Gasteiger partial charge in [0.2, 0.25) is 5.96 Å². The minimum absolute atomic E-state index is 0.234. The summed E-state index contributed by atoms with van der Waals surface area (Å²) in [6.07, 6.45) is 17.2. The van der Waals surface area contributed by atoms with Crippen LogP contribution in [-0.4, -0.2) is 24.1 Å². The van der Waals surface area contributed by atoms with Gasteiger partial charge in [-0.2, -0.15) is 5.26 Å². The first-order valence-electron chi connectivity index (χ1n) is 11.5. The van der Waals surface area contributed by atoms with Crippen LogP contribution < -0.4 is 15.4 Å². The molecule has 0 aliphatic rings. The Morgan fingerprint density at radius 2 is 1.59 bits per heavy atom. The Morgan fingerprint density at radius 3 is 2.22 bits per heavy atom. The summed E-state index contributed by atoms with van der Waals surface area (Å²) >= 11 is 0. The van der Waals surface area contributed by atoms with Crippen molar-refractivity contribution >= 4 is 11.6 Å². The number of guanidine groups is 1. The van der Waals surface area contributed by atoms with Crippen molar-refractivity contribution in [1.82, 2.24) is 10.3 Å². The van der Waals surface area contributed by atoms with E-state index < -0.39 is 0 Å². The van der Waals surface area contributed by atoms with E-state index in [0.29, 0.717) is 19.1 Å². The molecule has 0 amide bonds. The normalized spacial score (nSPS) is 11.1. The van der Waals surface area contributed by atoms with Crippen LogP contribution in [0.4, 0.5) is 10.1 Å². The molecule has 0 bridgehead atoms. The minimum atomic E-state index is -0.234. The maximum absolute atomic E-state index is 12.8. The van der Waals surface area contributed by atoms with Gasteiger partial charge in [-0.1, -0.05) is 51.4 Å². The van der Waals surface area contributed by atoms with Gasteiger partial charge in [0.15, 0.2) is 6.19 Å². The molecular weight excluding hydrogens is 405 g/mol. The molecule has 0 fully saturated rings. The second-order valence-corrected chi connectivity index (χ2v) is 7.67. The van der Waals surface area contributed by atoms with E-state index in [9.17, 15) is 4.39 Å². The number of unbranched alkanes of at least 4 members (excludes halogenated alkanes) is 9. The number of pyridine rings is 1. The zero-order valence-corrected chi connectivity index (χ0v) is 18.7. The second-order valence-electron chi connectivity index (χ2n) is 7.67. The fourth-order valence-corrected chi connectivity index (χ4v) is 3.28. The standard InChI is InChI=1S/C25H34FN5O/c26-22-13-15-24(16-14-22)32-19-10-8-6-4-2-1-3-5-7-9-18-29-25(30-21-27)31-23-12-11-17-28-20-23/h11-17,20H,1-10,18-19H2,(H2,29,30,31). The fourth-order valence-electron chi connectivity index (χ4n) is 3.28. The van der Waals surface area contributed by atoms with E-state index in [2.05, 4.69) is 20.6 Å². The summed E-state index contributed by atoms with van der Waals surface area (Å²) in [5.41, 5.74) is 0.800. The lowest BCUT2D eigenvalue weighted by Gasteiger charge is -2.07. The topological polar surface area (TPSA) is 82.3 Å². The van der Waals surface area contributed by atoms with Crippen LogP contribution >= 0.6 is 0 Å². The lowest BCUT2D eigenvalue weighted by molar-refractivity contribution is 0.304. The van der Waals surface area contributed by atoms with E-state index in [-0.39, 0.29) is 5.82 Å². The van der Waals surface area contributed by atoms with Gasteiger partial charge >= 0.3 is 0 Å². The van der Waals surface area contributed by atoms with Crippen molar-refractivity contribution in [2.45, 2.75) is 64.2 Å². The highest BCUT2D eigenvalue weighted by Gasteiger charge is 1.99. The SMILES string of the molecule is N#CNC(=NCCCCCCCCCCCCOc1ccc(F)cc1)Nc1cccnc1. The van der Waals surface area contributed by atoms with Crippen LogP contribution in [0.15, 0.2) is 53.8 Å². The Hall–Kier alpha value is -3.14. The van der Waals surface area contributed by atoms with Gasteiger partial charge in [-0.25, -0.2) is 4.39 Å². The zero-order chi connectivity index (χ0) is 22.7. The molecule has 0 atom stereocenters. The number of nitrogens with one attached hydrogen (secondary N) is 2. The van der Waals surface area contributed by atoms with Crippen LogP contribution in [0, 0.1) is 17.3 Å². The molecule has 1 aromatic heterocycles. The van der Waals surface area contributed by atoms with Gasteiger partial charge in [0, 0.05) is 12.7 Å². The Labute approximate surface area is 190 Å². The molecule has 0 radical (unpaired) electrons. The molecule has 0 saturated carbocycles. The predicted molar refractivity (Wildman–Crippen MR) is 127 cm³/mol. The quantitative estimate of drug-likeness (QED) is 0.116. The summed E-state index contributed by atoms with van der Waals surface area (Å²) in [4.78, 5) is 8.47. The van der Waals surface area contributed by atoms with Crippen molar-refractivity contribution in [1.29, 1.82) is 5.26 Å². The third-order valence-corrected chi connectivity index (χ3v) is 5.00. The highest BCUT2D eigenvalue weighted by Crippen LogP contribution is 2.13. The molecule has 2 aromatic rings. The molecule has 0 aliphatic heterocycles. The van der Waals surface area contributed by atoms with Crippen molar-refractivity contribution in [3.63, 3.8) is 0 Å². The highest BCUT2D eigenvalue weighted by molar-refractivity contribution is 5.94. The van der Waals surface area contributed by atoms with E-state index >= 15 is 0 Å². The van der Waals surface area contributed by atoms with Crippen molar-refractivity contribution in [2.75, 3.05) is 18.5 Å². The number of nitriles is 1. The molecule has 1 aromatic carbocycles. The molecule has 32 heavy (non-hydrogen) atoms. The first kappa shape index (κ1) is 25.1. The first-order chi connectivity index (χ1) is 15.8. The van der Waals surface area contributed by atoms with Crippen LogP contribution in [0.25, 0.3) is 0 Å². The number of nitrogens with zero attached hydrogens (tertiary/aromatic N) is 3. The van der Waals surface area contributed by atoms with E-state index in [1.54, 1.807) is 24.5 Å². The van der Waals surface area contributed by atoms with E-state index in [1.807, 2.05) is 18.3 Å². The van der Waals surface area contributed by atoms with Crippen molar-refractivity contribution < 1.29 is 9.13 Å². The highest BCUT2D eigenvalue weighted by atomic mass is 19.1. The van der Waals surface area contributed by atoms with Gasteiger partial charge in [0.05, 0.1) is 18.5 Å². The second kappa shape index (κ2) is 16.5. The number of hydrogen-bond donors (Lipinski definition) is 2. The Balaban J connectivity index is 1.39. The number of aliphatic imine (C=N–C) groups is 1. The lowest BCUT2D eigenvalue weighted by atomic mass is 10.1. The molecule has 0 saturated heterocycles. The van der Waals surface area contributed by atoms with Crippen molar-refractivity contribution in [3.8, 4) is 11.9 Å². The molecule has 7 heteroatoms.